The van der Waals surface area contributed by atoms with Crippen LogP contribution >= 0.6 is 11.6 Å². The third kappa shape index (κ3) is 2.14. The summed E-state index contributed by atoms with van der Waals surface area (Å²) in [4.78, 5) is 0. The predicted octanol–water partition coefficient (Wildman–Crippen LogP) is 1.83. The van der Waals surface area contributed by atoms with Crippen LogP contribution in [0.5, 0.6) is 0 Å². The van der Waals surface area contributed by atoms with Gasteiger partial charge >= 0.3 is 0 Å². The van der Waals surface area contributed by atoms with Gasteiger partial charge in [-0.1, -0.05) is 11.6 Å². The molecule has 1 fully saturated rings. The van der Waals surface area contributed by atoms with Gasteiger partial charge in [0.15, 0.2) is 0 Å². The molecule has 0 amide bonds. The first-order valence-corrected chi connectivity index (χ1v) is 4.90. The number of nitrogens with two attached hydrogens (primary N) is 1. The summed E-state index contributed by atoms with van der Waals surface area (Å²) >= 11 is 5.89. The molecule has 3 N–H and O–H groups in total. The summed E-state index contributed by atoms with van der Waals surface area (Å²) in [5.41, 5.74) is 7.67. The van der Waals surface area contributed by atoms with E-state index in [9.17, 15) is 0 Å². The predicted molar refractivity (Wildman–Crippen MR) is 56.0 cm³/mol. The summed E-state index contributed by atoms with van der Waals surface area (Å²) in [6.45, 7) is 1.14. The van der Waals surface area contributed by atoms with Gasteiger partial charge in [0.1, 0.15) is 0 Å². The number of hydrogen-bond donors (Lipinski definition) is 2. The van der Waals surface area contributed by atoms with Crippen LogP contribution in [0.4, 0.5) is 5.69 Å². The van der Waals surface area contributed by atoms with Crippen LogP contribution in [0, 0.1) is 0 Å². The Kier molecular flexibility index (Phi) is 2.42. The van der Waals surface area contributed by atoms with Crippen LogP contribution in [-0.2, 0) is 6.42 Å². The molecule has 1 atom stereocenters. The summed E-state index contributed by atoms with van der Waals surface area (Å²) in [5, 5.41) is 4.08. The Morgan fingerprint density at radius 2 is 2.23 bits per heavy atom. The highest BCUT2D eigenvalue weighted by Crippen LogP contribution is 2.19. The third-order valence-corrected chi connectivity index (χ3v) is 2.61. The van der Waals surface area contributed by atoms with Gasteiger partial charge in [-0.2, -0.15) is 0 Å². The standard InChI is InChI=1S/C10H13ClN2/c11-8-3-7(4-9(12)6-8)5-10-1-2-13-10/h3-4,6,10,13H,1-2,5,12H2. The van der Waals surface area contributed by atoms with E-state index >= 15 is 0 Å². The molecule has 1 aliphatic heterocycles. The lowest BCUT2D eigenvalue weighted by molar-refractivity contribution is 0.369. The van der Waals surface area contributed by atoms with Crippen molar-refractivity contribution >= 4 is 17.3 Å². The van der Waals surface area contributed by atoms with E-state index in [1.165, 1.54) is 12.0 Å². The van der Waals surface area contributed by atoms with Crippen molar-refractivity contribution < 1.29 is 0 Å². The number of anilines is 1. The molecule has 0 spiro atoms. The smallest absolute Gasteiger partial charge is 0.0429 e. The van der Waals surface area contributed by atoms with E-state index in [1.54, 1.807) is 6.07 Å². The molecule has 3 heteroatoms. The van der Waals surface area contributed by atoms with Crippen molar-refractivity contribution in [1.82, 2.24) is 5.32 Å². The fourth-order valence-electron chi connectivity index (χ4n) is 1.60. The molecule has 13 heavy (non-hydrogen) atoms. The number of nitrogens with one attached hydrogen (secondary N) is 1. The molecule has 0 aromatic heterocycles. The fourth-order valence-corrected chi connectivity index (χ4v) is 1.87. The number of halogens is 1. The molecule has 70 valence electrons. The molecule has 1 aromatic carbocycles. The number of benzene rings is 1. The van der Waals surface area contributed by atoms with E-state index in [1.807, 2.05) is 12.1 Å². The maximum atomic E-state index is 5.89. The van der Waals surface area contributed by atoms with E-state index in [-0.39, 0.29) is 0 Å². The SMILES string of the molecule is Nc1cc(Cl)cc(CC2CCN2)c1. The molecule has 0 bridgehead atoms. The Hall–Kier alpha value is -0.730. The second-order valence-electron chi connectivity index (χ2n) is 3.54. The molecule has 2 rings (SSSR count). The van der Waals surface area contributed by atoms with E-state index in [0.717, 1.165) is 23.7 Å². The topological polar surface area (TPSA) is 38.0 Å². The van der Waals surface area contributed by atoms with Crippen LogP contribution in [-0.4, -0.2) is 12.6 Å². The van der Waals surface area contributed by atoms with Crippen LogP contribution in [0.25, 0.3) is 0 Å². The normalized spacial score (nSPS) is 21.2. The Morgan fingerprint density at radius 1 is 1.46 bits per heavy atom. The first kappa shape index (κ1) is 8.85. The minimum absolute atomic E-state index is 0.623. The second-order valence-corrected chi connectivity index (χ2v) is 3.97. The molecular formula is C10H13ClN2. The Balaban J connectivity index is 2.10. The van der Waals surface area contributed by atoms with Gasteiger partial charge in [0, 0.05) is 16.8 Å². The van der Waals surface area contributed by atoms with Gasteiger partial charge in [0.05, 0.1) is 0 Å². The lowest BCUT2D eigenvalue weighted by atomic mass is 9.98. The Bertz CT molecular complexity index is 288. The summed E-state index contributed by atoms with van der Waals surface area (Å²) in [5.74, 6) is 0. The van der Waals surface area contributed by atoms with Crippen molar-refractivity contribution in [1.29, 1.82) is 0 Å². The van der Waals surface area contributed by atoms with Crippen molar-refractivity contribution in [3.63, 3.8) is 0 Å². The molecule has 0 radical (unpaired) electrons. The number of nitrogen functional groups attached to an aromatic ring is 1. The molecule has 1 saturated heterocycles. The number of rotatable bonds is 2. The van der Waals surface area contributed by atoms with Crippen LogP contribution in [0.1, 0.15) is 12.0 Å². The van der Waals surface area contributed by atoms with Crippen molar-refractivity contribution in [2.45, 2.75) is 18.9 Å². The van der Waals surface area contributed by atoms with Crippen molar-refractivity contribution in [3.8, 4) is 0 Å². The van der Waals surface area contributed by atoms with Gasteiger partial charge in [-0.05, 0) is 43.1 Å². The van der Waals surface area contributed by atoms with Gasteiger partial charge in [0.2, 0.25) is 0 Å². The van der Waals surface area contributed by atoms with Gasteiger partial charge < -0.3 is 11.1 Å². The minimum Gasteiger partial charge on any atom is -0.399 e. The quantitative estimate of drug-likeness (QED) is 0.709. The monoisotopic (exact) mass is 196 g/mol. The molecule has 2 nitrogen and oxygen atoms in total. The Labute approximate surface area is 83.1 Å². The fraction of sp³-hybridized carbons (Fsp3) is 0.400. The van der Waals surface area contributed by atoms with Gasteiger partial charge in [-0.25, -0.2) is 0 Å². The number of hydrogen-bond acceptors (Lipinski definition) is 2. The van der Waals surface area contributed by atoms with Crippen LogP contribution in [0.2, 0.25) is 5.02 Å². The first-order chi connectivity index (χ1) is 6.24. The minimum atomic E-state index is 0.623. The highest BCUT2D eigenvalue weighted by molar-refractivity contribution is 6.30. The average molecular weight is 197 g/mol. The largest absolute Gasteiger partial charge is 0.399 e. The summed E-state index contributed by atoms with van der Waals surface area (Å²) < 4.78 is 0. The summed E-state index contributed by atoms with van der Waals surface area (Å²) in [6.07, 6.45) is 2.29. The molecule has 0 saturated carbocycles. The highest BCUT2D eigenvalue weighted by Gasteiger charge is 2.16. The summed E-state index contributed by atoms with van der Waals surface area (Å²) in [7, 11) is 0. The summed E-state index contributed by atoms with van der Waals surface area (Å²) in [6, 6.07) is 6.38. The van der Waals surface area contributed by atoms with Crippen LogP contribution in [0.3, 0.4) is 0 Å². The van der Waals surface area contributed by atoms with Crippen LogP contribution < -0.4 is 11.1 Å². The van der Waals surface area contributed by atoms with Gasteiger partial charge in [-0.15, -0.1) is 0 Å². The first-order valence-electron chi connectivity index (χ1n) is 4.52. The molecular weight excluding hydrogens is 184 g/mol. The van der Waals surface area contributed by atoms with Crippen molar-refractivity contribution in [3.05, 3.63) is 28.8 Å². The van der Waals surface area contributed by atoms with Crippen molar-refractivity contribution in [2.24, 2.45) is 0 Å². The lowest BCUT2D eigenvalue weighted by Gasteiger charge is -2.27. The van der Waals surface area contributed by atoms with Gasteiger partial charge in [0.25, 0.3) is 0 Å². The van der Waals surface area contributed by atoms with E-state index < -0.39 is 0 Å². The molecule has 1 aromatic rings. The molecule has 0 aliphatic carbocycles. The lowest BCUT2D eigenvalue weighted by Crippen LogP contribution is -2.44. The highest BCUT2D eigenvalue weighted by atomic mass is 35.5. The van der Waals surface area contributed by atoms with E-state index in [0.29, 0.717) is 6.04 Å². The van der Waals surface area contributed by atoms with Crippen molar-refractivity contribution in [2.75, 3.05) is 12.3 Å². The zero-order valence-corrected chi connectivity index (χ0v) is 8.14. The molecule has 1 aliphatic rings. The third-order valence-electron chi connectivity index (χ3n) is 2.39. The maximum Gasteiger partial charge on any atom is 0.0429 e. The van der Waals surface area contributed by atoms with E-state index in [2.05, 4.69) is 5.32 Å². The van der Waals surface area contributed by atoms with Gasteiger partial charge in [-0.3, -0.25) is 0 Å². The molecule has 1 unspecified atom stereocenters. The maximum absolute atomic E-state index is 5.89. The van der Waals surface area contributed by atoms with Crippen LogP contribution in [0.15, 0.2) is 18.2 Å². The average Bonchev–Trinajstić information content (AvgIpc) is 1.95. The zero-order valence-electron chi connectivity index (χ0n) is 7.39. The Morgan fingerprint density at radius 3 is 2.77 bits per heavy atom. The van der Waals surface area contributed by atoms with E-state index in [4.69, 9.17) is 17.3 Å². The second kappa shape index (κ2) is 3.56. The molecule has 1 heterocycles. The zero-order chi connectivity index (χ0) is 9.26.